The highest BCUT2D eigenvalue weighted by Crippen LogP contribution is 2.12. The van der Waals surface area contributed by atoms with E-state index in [0.29, 0.717) is 17.8 Å². The quantitative estimate of drug-likeness (QED) is 0.178. The van der Waals surface area contributed by atoms with Gasteiger partial charge in [0.15, 0.2) is 11.2 Å². The number of anilines is 2. The number of carbonyl (C=O) groups excluding carboxylic acids is 3. The summed E-state index contributed by atoms with van der Waals surface area (Å²) in [5.41, 5.74) is 6.44. The van der Waals surface area contributed by atoms with Gasteiger partial charge in [0, 0.05) is 24.1 Å². The molecule has 0 radical (unpaired) electrons. The number of hydrogen-bond donors (Lipinski definition) is 5. The highest BCUT2D eigenvalue weighted by atomic mass is 16.6. The predicted octanol–water partition coefficient (Wildman–Crippen LogP) is 0.741. The van der Waals surface area contributed by atoms with E-state index in [0.717, 1.165) is 0 Å². The van der Waals surface area contributed by atoms with Crippen LogP contribution in [-0.2, 0) is 25.7 Å². The van der Waals surface area contributed by atoms with Gasteiger partial charge in [-0.1, -0.05) is 6.92 Å². The molecule has 14 nitrogen and oxygen atoms in total. The van der Waals surface area contributed by atoms with Crippen molar-refractivity contribution in [3.8, 4) is 0 Å². The number of aromatic amines is 1. The van der Waals surface area contributed by atoms with Gasteiger partial charge in [-0.15, -0.1) is 0 Å². The minimum Gasteiger partial charge on any atom is -0.480 e. The Balaban J connectivity index is 1.55. The number of carboxylic acid groups (broad SMARTS) is 1. The van der Waals surface area contributed by atoms with Crippen molar-refractivity contribution in [2.45, 2.75) is 45.2 Å². The lowest BCUT2D eigenvalue weighted by molar-refractivity contribution is -0.159. The van der Waals surface area contributed by atoms with Crippen molar-refractivity contribution in [2.24, 2.45) is 0 Å². The minimum atomic E-state index is -1.35. The van der Waals surface area contributed by atoms with E-state index in [1.807, 2.05) is 0 Å². The maximum atomic E-state index is 12.5. The Kier molecular flexibility index (Phi) is 8.81. The van der Waals surface area contributed by atoms with Crippen LogP contribution in [0.2, 0.25) is 0 Å². The average molecular weight is 511 g/mol. The van der Waals surface area contributed by atoms with Crippen LogP contribution in [0.4, 0.5) is 11.6 Å². The lowest BCUT2D eigenvalue weighted by Crippen LogP contribution is -2.41. The molecule has 0 bridgehead atoms. The number of ether oxygens (including phenoxy) is 1. The van der Waals surface area contributed by atoms with Crippen LogP contribution >= 0.6 is 0 Å². The SMILES string of the molecule is CCCC(=O)OC(=O)CC[C@H](NC(=O)c1ccc(NCc2cnc3[nH]c(N)nc(=O)c3n2)cc1)C(=O)O. The fraction of sp³-hybridized carbons (Fsp3) is 0.304. The van der Waals surface area contributed by atoms with E-state index in [9.17, 15) is 29.1 Å². The van der Waals surface area contributed by atoms with Gasteiger partial charge in [0.2, 0.25) is 5.95 Å². The molecular weight excluding hydrogens is 486 g/mol. The molecule has 6 N–H and O–H groups in total. The summed E-state index contributed by atoms with van der Waals surface area (Å²) in [6, 6.07) is 4.82. The van der Waals surface area contributed by atoms with Gasteiger partial charge in [0.1, 0.15) is 6.04 Å². The fourth-order valence-corrected chi connectivity index (χ4v) is 3.19. The zero-order valence-electron chi connectivity index (χ0n) is 19.8. The van der Waals surface area contributed by atoms with Crippen LogP contribution in [-0.4, -0.2) is 54.9 Å². The normalized spacial score (nSPS) is 11.5. The summed E-state index contributed by atoms with van der Waals surface area (Å²) in [5.74, 6) is -3.57. The summed E-state index contributed by atoms with van der Waals surface area (Å²) in [6.07, 6.45) is 1.48. The Morgan fingerprint density at radius 1 is 1.11 bits per heavy atom. The fourth-order valence-electron chi connectivity index (χ4n) is 3.19. The molecule has 14 heteroatoms. The number of esters is 2. The number of nitrogens with one attached hydrogen (secondary N) is 3. The molecular formula is C23H25N7O7. The summed E-state index contributed by atoms with van der Waals surface area (Å²) in [6.45, 7) is 1.97. The molecule has 0 aliphatic rings. The number of fused-ring (bicyclic) bond motifs is 1. The maximum absolute atomic E-state index is 12.5. The largest absolute Gasteiger partial charge is 0.480 e. The summed E-state index contributed by atoms with van der Waals surface area (Å²) < 4.78 is 4.59. The topological polar surface area (TPSA) is 219 Å². The average Bonchev–Trinajstić information content (AvgIpc) is 2.85. The number of nitrogens with two attached hydrogens (primary N) is 1. The smallest absolute Gasteiger partial charge is 0.326 e. The monoisotopic (exact) mass is 511 g/mol. The lowest BCUT2D eigenvalue weighted by Gasteiger charge is -2.14. The second-order valence-electron chi connectivity index (χ2n) is 7.92. The number of nitrogen functional groups attached to an aromatic ring is 1. The molecule has 0 unspecified atom stereocenters. The number of H-pyrrole nitrogens is 1. The van der Waals surface area contributed by atoms with Crippen molar-refractivity contribution in [3.05, 3.63) is 52.1 Å². The third kappa shape index (κ3) is 7.55. The summed E-state index contributed by atoms with van der Waals surface area (Å²) >= 11 is 0. The molecule has 37 heavy (non-hydrogen) atoms. The molecule has 0 saturated carbocycles. The number of amides is 1. The molecule has 1 amide bonds. The first kappa shape index (κ1) is 26.7. The van der Waals surface area contributed by atoms with E-state index in [1.165, 1.54) is 18.3 Å². The van der Waals surface area contributed by atoms with Crippen molar-refractivity contribution in [3.63, 3.8) is 0 Å². The van der Waals surface area contributed by atoms with Crippen LogP contribution in [0, 0.1) is 0 Å². The van der Waals surface area contributed by atoms with Crippen LogP contribution < -0.4 is 21.9 Å². The van der Waals surface area contributed by atoms with E-state index in [2.05, 4.69) is 35.3 Å². The molecule has 3 aromatic rings. The Morgan fingerprint density at radius 3 is 2.49 bits per heavy atom. The highest BCUT2D eigenvalue weighted by molar-refractivity contribution is 5.97. The van der Waals surface area contributed by atoms with E-state index in [1.54, 1.807) is 19.1 Å². The minimum absolute atomic E-state index is 0.0503. The zero-order valence-corrected chi connectivity index (χ0v) is 19.8. The van der Waals surface area contributed by atoms with Gasteiger partial charge in [0.05, 0.1) is 18.4 Å². The highest BCUT2D eigenvalue weighted by Gasteiger charge is 2.23. The summed E-state index contributed by atoms with van der Waals surface area (Å²) in [4.78, 5) is 73.6. The van der Waals surface area contributed by atoms with Gasteiger partial charge < -0.3 is 31.2 Å². The standard InChI is InChI=1S/C23H25N7O7/c1-2-3-16(31)37-17(32)9-8-15(22(35)36)28-20(33)12-4-6-13(7-5-12)25-10-14-11-26-19-18(27-14)21(34)30-23(24)29-19/h4-7,11,15,25H,2-3,8-10H2,1H3,(H,28,33)(H,35,36)(H3,24,26,29,30,34)/t15-/m0/s1. The lowest BCUT2D eigenvalue weighted by atomic mass is 10.1. The Labute approximate surface area is 209 Å². The first-order valence-corrected chi connectivity index (χ1v) is 11.3. The number of benzene rings is 1. The van der Waals surface area contributed by atoms with Gasteiger partial charge in [-0.2, -0.15) is 4.98 Å². The second-order valence-corrected chi connectivity index (χ2v) is 7.92. The van der Waals surface area contributed by atoms with E-state index < -0.39 is 35.4 Å². The van der Waals surface area contributed by atoms with Crippen molar-refractivity contribution in [2.75, 3.05) is 11.1 Å². The summed E-state index contributed by atoms with van der Waals surface area (Å²) in [7, 11) is 0. The number of aliphatic carboxylic acids is 1. The van der Waals surface area contributed by atoms with Gasteiger partial charge in [-0.3, -0.25) is 19.2 Å². The van der Waals surface area contributed by atoms with Crippen LogP contribution in [0.1, 0.15) is 48.7 Å². The number of aromatic nitrogens is 4. The van der Waals surface area contributed by atoms with Crippen LogP contribution in [0.5, 0.6) is 0 Å². The molecule has 1 atom stereocenters. The van der Waals surface area contributed by atoms with Crippen molar-refractivity contribution < 1.29 is 29.0 Å². The van der Waals surface area contributed by atoms with Gasteiger partial charge >= 0.3 is 23.5 Å². The molecule has 0 spiro atoms. The Bertz CT molecular complexity index is 1370. The number of carboxylic acids is 1. The maximum Gasteiger partial charge on any atom is 0.326 e. The zero-order chi connectivity index (χ0) is 26.9. The van der Waals surface area contributed by atoms with E-state index in [4.69, 9.17) is 5.73 Å². The number of nitrogens with zero attached hydrogens (tertiary/aromatic N) is 3. The van der Waals surface area contributed by atoms with Gasteiger partial charge in [-0.05, 0) is 37.1 Å². The molecule has 3 rings (SSSR count). The molecule has 0 fully saturated rings. The van der Waals surface area contributed by atoms with Crippen molar-refractivity contribution >= 4 is 46.6 Å². The first-order valence-electron chi connectivity index (χ1n) is 11.3. The summed E-state index contributed by atoms with van der Waals surface area (Å²) in [5, 5.41) is 14.8. The third-order valence-corrected chi connectivity index (χ3v) is 5.04. The van der Waals surface area contributed by atoms with Crippen molar-refractivity contribution in [1.29, 1.82) is 0 Å². The molecule has 0 saturated heterocycles. The molecule has 0 aliphatic carbocycles. The van der Waals surface area contributed by atoms with Crippen LogP contribution in [0.15, 0.2) is 35.3 Å². The number of hydrogen-bond acceptors (Lipinski definition) is 11. The number of carbonyl (C=O) groups is 4. The molecule has 0 aliphatic heterocycles. The first-order chi connectivity index (χ1) is 17.7. The molecule has 2 heterocycles. The third-order valence-electron chi connectivity index (χ3n) is 5.04. The van der Waals surface area contributed by atoms with Crippen LogP contribution in [0.25, 0.3) is 11.2 Å². The Morgan fingerprint density at radius 2 is 1.81 bits per heavy atom. The van der Waals surface area contributed by atoms with E-state index >= 15 is 0 Å². The van der Waals surface area contributed by atoms with Crippen molar-refractivity contribution in [1.82, 2.24) is 25.3 Å². The molecule has 2 aromatic heterocycles. The van der Waals surface area contributed by atoms with Crippen LogP contribution in [0.3, 0.4) is 0 Å². The second kappa shape index (κ2) is 12.2. The Hall–Kier alpha value is -4.88. The van der Waals surface area contributed by atoms with Gasteiger partial charge in [0.25, 0.3) is 5.91 Å². The van der Waals surface area contributed by atoms with E-state index in [-0.39, 0.29) is 48.5 Å². The van der Waals surface area contributed by atoms with Gasteiger partial charge in [-0.25, -0.2) is 14.8 Å². The molecule has 1 aromatic carbocycles. The number of rotatable bonds is 11. The molecule has 194 valence electrons. The predicted molar refractivity (Wildman–Crippen MR) is 130 cm³/mol.